The third kappa shape index (κ3) is 4.77. The van der Waals surface area contributed by atoms with E-state index in [2.05, 4.69) is 4.98 Å². The molecule has 1 amide bonds. The molecule has 1 unspecified atom stereocenters. The maximum Gasteiger partial charge on any atom is 0.227 e. The number of pyridine rings is 1. The Kier molecular flexibility index (Phi) is 5.81. The van der Waals surface area contributed by atoms with E-state index >= 15 is 0 Å². The Bertz CT molecular complexity index is 782. The quantitative estimate of drug-likeness (QED) is 0.819. The molecule has 0 saturated carbocycles. The lowest BCUT2D eigenvalue weighted by Gasteiger charge is -2.32. The second-order valence-corrected chi connectivity index (χ2v) is 6.69. The number of benzene rings is 1. The number of hydrogen-bond donors (Lipinski definition) is 0. The van der Waals surface area contributed by atoms with E-state index in [1.165, 1.54) is 12.1 Å². The molecular weight excluding hydrogens is 338 g/mol. The van der Waals surface area contributed by atoms with E-state index in [1.807, 2.05) is 25.1 Å². The topological polar surface area (TPSA) is 42.4 Å². The molecule has 3 rings (SSSR count). The first-order valence-corrected chi connectivity index (χ1v) is 8.79. The predicted octanol–water partition coefficient (Wildman–Crippen LogP) is 3.53. The largest absolute Gasteiger partial charge is 0.477 e. The molecule has 0 aliphatic carbocycles. The average Bonchev–Trinajstić information content (AvgIpc) is 2.62. The summed E-state index contributed by atoms with van der Waals surface area (Å²) in [5.41, 5.74) is 1.11. The number of carbonyl (C=O) groups is 1. The van der Waals surface area contributed by atoms with E-state index < -0.39 is 11.6 Å². The monoisotopic (exact) mass is 360 g/mol. The number of ether oxygens (including phenoxy) is 1. The van der Waals surface area contributed by atoms with Crippen LogP contribution in [0.1, 0.15) is 24.1 Å². The van der Waals surface area contributed by atoms with E-state index in [0.29, 0.717) is 25.6 Å². The first-order chi connectivity index (χ1) is 12.5. The van der Waals surface area contributed by atoms with Crippen molar-refractivity contribution in [3.05, 3.63) is 59.3 Å². The van der Waals surface area contributed by atoms with Crippen LogP contribution >= 0.6 is 0 Å². The molecular formula is C20H22F2N2O2. The van der Waals surface area contributed by atoms with Crippen molar-refractivity contribution in [2.45, 2.75) is 26.2 Å². The van der Waals surface area contributed by atoms with Gasteiger partial charge in [-0.15, -0.1) is 0 Å². The molecule has 1 saturated heterocycles. The normalized spacial score (nSPS) is 17.2. The number of rotatable bonds is 5. The number of halogens is 2. The van der Waals surface area contributed by atoms with Crippen LogP contribution in [0.4, 0.5) is 8.78 Å². The summed E-state index contributed by atoms with van der Waals surface area (Å²) < 4.78 is 32.5. The molecule has 0 bridgehead atoms. The number of aromatic nitrogens is 1. The highest BCUT2D eigenvalue weighted by Gasteiger charge is 2.25. The summed E-state index contributed by atoms with van der Waals surface area (Å²) in [5, 5.41) is 0. The van der Waals surface area contributed by atoms with Gasteiger partial charge in [0.05, 0.1) is 13.0 Å². The molecule has 1 aromatic heterocycles. The van der Waals surface area contributed by atoms with Crippen molar-refractivity contribution >= 4 is 5.91 Å². The fraction of sp³-hybridized carbons (Fsp3) is 0.400. The molecule has 1 atom stereocenters. The van der Waals surface area contributed by atoms with Crippen LogP contribution in [0.25, 0.3) is 0 Å². The minimum absolute atomic E-state index is 0.0564. The summed E-state index contributed by atoms with van der Waals surface area (Å²) in [6.07, 6.45) is 1.80. The van der Waals surface area contributed by atoms with Gasteiger partial charge in [0.2, 0.25) is 11.8 Å². The minimum atomic E-state index is -0.680. The van der Waals surface area contributed by atoms with Crippen molar-refractivity contribution in [2.24, 2.45) is 5.92 Å². The maximum absolute atomic E-state index is 13.8. The van der Waals surface area contributed by atoms with E-state index in [4.69, 9.17) is 4.74 Å². The molecule has 6 heteroatoms. The number of carbonyl (C=O) groups excluding carboxylic acids is 1. The summed E-state index contributed by atoms with van der Waals surface area (Å²) in [7, 11) is 0. The summed E-state index contributed by atoms with van der Waals surface area (Å²) in [4.78, 5) is 18.5. The van der Waals surface area contributed by atoms with Gasteiger partial charge in [0.25, 0.3) is 0 Å². The van der Waals surface area contributed by atoms with E-state index in [1.54, 1.807) is 4.90 Å². The number of likely N-dealkylation sites (tertiary alicyclic amines) is 1. The Labute approximate surface area is 151 Å². The fourth-order valence-electron chi connectivity index (χ4n) is 3.17. The Balaban J connectivity index is 1.54. The van der Waals surface area contributed by atoms with Gasteiger partial charge in [0.1, 0.15) is 11.6 Å². The van der Waals surface area contributed by atoms with Gasteiger partial charge in [-0.3, -0.25) is 4.79 Å². The number of piperidine rings is 1. The summed E-state index contributed by atoms with van der Waals surface area (Å²) >= 11 is 0. The molecule has 0 radical (unpaired) electrons. The van der Waals surface area contributed by atoms with Crippen molar-refractivity contribution in [3.63, 3.8) is 0 Å². The predicted molar refractivity (Wildman–Crippen MR) is 93.8 cm³/mol. The lowest BCUT2D eigenvalue weighted by molar-refractivity contribution is -0.132. The minimum Gasteiger partial charge on any atom is -0.477 e. The maximum atomic E-state index is 13.8. The average molecular weight is 360 g/mol. The van der Waals surface area contributed by atoms with Crippen LogP contribution < -0.4 is 4.74 Å². The van der Waals surface area contributed by atoms with Gasteiger partial charge in [-0.2, -0.15) is 0 Å². The van der Waals surface area contributed by atoms with Gasteiger partial charge in [-0.1, -0.05) is 12.1 Å². The van der Waals surface area contributed by atoms with Gasteiger partial charge >= 0.3 is 0 Å². The Morgan fingerprint density at radius 2 is 2.15 bits per heavy atom. The molecule has 138 valence electrons. The number of aryl methyl sites for hydroxylation is 1. The zero-order valence-corrected chi connectivity index (χ0v) is 14.8. The molecule has 1 aromatic carbocycles. The second-order valence-electron chi connectivity index (χ2n) is 6.69. The standard InChI is InChI=1S/C20H22F2N2O2/c1-14-4-2-6-19(23-14)26-13-15-5-3-9-24(12-15)20(25)10-16-7-8-17(21)11-18(16)22/h2,4,6-8,11,15H,3,5,9-10,12-13H2,1H3. The van der Waals surface area contributed by atoms with Crippen molar-refractivity contribution in [1.82, 2.24) is 9.88 Å². The lowest BCUT2D eigenvalue weighted by atomic mass is 9.98. The molecule has 1 aliphatic heterocycles. The van der Waals surface area contributed by atoms with Crippen LogP contribution in [0, 0.1) is 24.5 Å². The molecule has 26 heavy (non-hydrogen) atoms. The van der Waals surface area contributed by atoms with Gasteiger partial charge in [0, 0.05) is 36.8 Å². The number of amides is 1. The van der Waals surface area contributed by atoms with Gasteiger partial charge in [-0.25, -0.2) is 13.8 Å². The van der Waals surface area contributed by atoms with Gasteiger partial charge in [0.15, 0.2) is 0 Å². The van der Waals surface area contributed by atoms with Crippen molar-refractivity contribution in [3.8, 4) is 5.88 Å². The van der Waals surface area contributed by atoms with Crippen LogP contribution in [0.5, 0.6) is 5.88 Å². The van der Waals surface area contributed by atoms with Crippen LogP contribution in [0.3, 0.4) is 0 Å². The number of nitrogens with zero attached hydrogens (tertiary/aromatic N) is 2. The highest BCUT2D eigenvalue weighted by molar-refractivity contribution is 5.79. The molecule has 4 nitrogen and oxygen atoms in total. The summed E-state index contributed by atoms with van der Waals surface area (Å²) in [6.45, 7) is 3.63. The number of hydrogen-bond acceptors (Lipinski definition) is 3. The lowest BCUT2D eigenvalue weighted by Crippen LogP contribution is -2.42. The van der Waals surface area contributed by atoms with E-state index in [-0.39, 0.29) is 23.8 Å². The molecule has 1 aliphatic rings. The van der Waals surface area contributed by atoms with Gasteiger partial charge in [-0.05, 0) is 37.5 Å². The smallest absolute Gasteiger partial charge is 0.227 e. The SMILES string of the molecule is Cc1cccc(OCC2CCCN(C(=O)Cc3ccc(F)cc3F)C2)n1. The second kappa shape index (κ2) is 8.25. The van der Waals surface area contributed by atoms with Crippen LogP contribution in [0.15, 0.2) is 36.4 Å². The Morgan fingerprint density at radius 3 is 2.92 bits per heavy atom. The van der Waals surface area contributed by atoms with Crippen LogP contribution in [0.2, 0.25) is 0 Å². The Hall–Kier alpha value is -2.50. The highest BCUT2D eigenvalue weighted by Crippen LogP contribution is 2.20. The third-order valence-electron chi connectivity index (χ3n) is 4.56. The fourth-order valence-corrected chi connectivity index (χ4v) is 3.17. The highest BCUT2D eigenvalue weighted by atomic mass is 19.1. The first-order valence-electron chi connectivity index (χ1n) is 8.79. The summed E-state index contributed by atoms with van der Waals surface area (Å²) in [5.74, 6) is -0.664. The molecule has 1 fully saturated rings. The van der Waals surface area contributed by atoms with Gasteiger partial charge < -0.3 is 9.64 Å². The molecule has 2 aromatic rings. The summed E-state index contributed by atoms with van der Waals surface area (Å²) in [6, 6.07) is 8.93. The zero-order valence-electron chi connectivity index (χ0n) is 14.8. The van der Waals surface area contributed by atoms with Crippen molar-refractivity contribution in [1.29, 1.82) is 0 Å². The first kappa shape index (κ1) is 18.3. The van der Waals surface area contributed by atoms with E-state index in [9.17, 15) is 13.6 Å². The molecule has 0 N–H and O–H groups in total. The van der Waals surface area contributed by atoms with E-state index in [0.717, 1.165) is 24.6 Å². The van der Waals surface area contributed by atoms with Crippen LogP contribution in [-0.4, -0.2) is 35.5 Å². The van der Waals surface area contributed by atoms with Crippen molar-refractivity contribution < 1.29 is 18.3 Å². The zero-order chi connectivity index (χ0) is 18.5. The van der Waals surface area contributed by atoms with Crippen molar-refractivity contribution in [2.75, 3.05) is 19.7 Å². The molecule has 0 spiro atoms. The van der Waals surface area contributed by atoms with Crippen LogP contribution in [-0.2, 0) is 11.2 Å². The third-order valence-corrected chi connectivity index (χ3v) is 4.56. The Morgan fingerprint density at radius 1 is 1.31 bits per heavy atom. The molecule has 2 heterocycles.